The van der Waals surface area contributed by atoms with Crippen LogP contribution in [-0.4, -0.2) is 23.1 Å². The summed E-state index contributed by atoms with van der Waals surface area (Å²) < 4.78 is 5.99. The van der Waals surface area contributed by atoms with Crippen LogP contribution >= 0.6 is 0 Å². The Labute approximate surface area is 255 Å². The summed E-state index contributed by atoms with van der Waals surface area (Å²) in [7, 11) is 0. The van der Waals surface area contributed by atoms with Gasteiger partial charge in [-0.3, -0.25) is 9.59 Å². The Hall–Kier alpha value is -1.32. The number of aliphatic carboxylic acids is 1. The van der Waals surface area contributed by atoms with Crippen LogP contribution in [0.2, 0.25) is 0 Å². The Balaban J connectivity index is 3.99. The summed E-state index contributed by atoms with van der Waals surface area (Å²) in [5.41, 5.74) is 0. The molecule has 0 amide bonds. The zero-order valence-corrected chi connectivity index (χ0v) is 27.6. The van der Waals surface area contributed by atoms with E-state index in [1.165, 1.54) is 128 Å². The van der Waals surface area contributed by atoms with Crippen LogP contribution in [0.5, 0.6) is 0 Å². The van der Waals surface area contributed by atoms with Crippen molar-refractivity contribution in [1.29, 1.82) is 0 Å². The lowest BCUT2D eigenvalue weighted by molar-refractivity contribution is -0.150. The lowest BCUT2D eigenvalue weighted by Crippen LogP contribution is -2.18. The standard InChI is InChI=1S/C37H70O4/c1-3-5-7-9-11-12-13-14-15-16-17-22-26-30-34-37(40)41-35(31-27-23-19-10-8-6-4-2)32-28-24-20-18-21-25-29-33-36(38)39/h12-13,35H,3-11,14-34H2,1-2H3,(H,38,39)/b13-12-. The number of carboxylic acids is 1. The van der Waals surface area contributed by atoms with E-state index >= 15 is 0 Å². The van der Waals surface area contributed by atoms with Crippen molar-refractivity contribution in [1.82, 2.24) is 0 Å². The van der Waals surface area contributed by atoms with Crippen molar-refractivity contribution in [2.24, 2.45) is 0 Å². The number of ether oxygens (including phenoxy) is 1. The third kappa shape index (κ3) is 33.1. The molecule has 0 aromatic rings. The van der Waals surface area contributed by atoms with E-state index in [0.29, 0.717) is 12.8 Å². The minimum absolute atomic E-state index is 0.0143. The molecule has 0 rings (SSSR count). The summed E-state index contributed by atoms with van der Waals surface area (Å²) >= 11 is 0. The van der Waals surface area contributed by atoms with E-state index in [1.807, 2.05) is 0 Å². The van der Waals surface area contributed by atoms with E-state index in [0.717, 1.165) is 51.4 Å². The van der Waals surface area contributed by atoms with Crippen molar-refractivity contribution in [3.63, 3.8) is 0 Å². The Bertz CT molecular complexity index is 585. The molecular formula is C37H70O4. The second-order valence-electron chi connectivity index (χ2n) is 12.4. The van der Waals surface area contributed by atoms with Gasteiger partial charge in [-0.05, 0) is 64.2 Å². The third-order valence-electron chi connectivity index (χ3n) is 8.24. The third-order valence-corrected chi connectivity index (χ3v) is 8.24. The summed E-state index contributed by atoms with van der Waals surface area (Å²) in [6, 6.07) is 0. The highest BCUT2D eigenvalue weighted by atomic mass is 16.5. The van der Waals surface area contributed by atoms with Gasteiger partial charge in [0, 0.05) is 12.8 Å². The van der Waals surface area contributed by atoms with E-state index in [4.69, 9.17) is 9.84 Å². The van der Waals surface area contributed by atoms with Gasteiger partial charge in [0.25, 0.3) is 0 Å². The topological polar surface area (TPSA) is 63.6 Å². The molecule has 4 heteroatoms. The molecule has 1 atom stereocenters. The molecule has 0 saturated heterocycles. The number of allylic oxidation sites excluding steroid dienone is 2. The van der Waals surface area contributed by atoms with E-state index in [1.54, 1.807) is 0 Å². The molecule has 4 nitrogen and oxygen atoms in total. The Morgan fingerprint density at radius 2 is 0.878 bits per heavy atom. The number of hydrogen-bond acceptors (Lipinski definition) is 3. The zero-order valence-electron chi connectivity index (χ0n) is 27.6. The van der Waals surface area contributed by atoms with Crippen LogP contribution in [0.1, 0.15) is 206 Å². The molecule has 0 aliphatic rings. The van der Waals surface area contributed by atoms with Gasteiger partial charge in [-0.25, -0.2) is 0 Å². The molecule has 0 radical (unpaired) electrons. The molecule has 1 N–H and O–H groups in total. The molecule has 242 valence electrons. The molecule has 0 aliphatic heterocycles. The van der Waals surface area contributed by atoms with Crippen LogP contribution in [0.15, 0.2) is 12.2 Å². The fraction of sp³-hybridized carbons (Fsp3) is 0.892. The number of unbranched alkanes of at least 4 members (excludes halogenated alkanes) is 22. The van der Waals surface area contributed by atoms with Gasteiger partial charge in [-0.15, -0.1) is 0 Å². The maximum Gasteiger partial charge on any atom is 0.306 e. The van der Waals surface area contributed by atoms with Gasteiger partial charge < -0.3 is 9.84 Å². The van der Waals surface area contributed by atoms with Crippen LogP contribution in [0.3, 0.4) is 0 Å². The molecule has 0 spiro atoms. The van der Waals surface area contributed by atoms with E-state index in [9.17, 15) is 9.59 Å². The van der Waals surface area contributed by atoms with Gasteiger partial charge in [0.2, 0.25) is 0 Å². The molecule has 41 heavy (non-hydrogen) atoms. The van der Waals surface area contributed by atoms with Crippen LogP contribution in [-0.2, 0) is 14.3 Å². The molecule has 0 saturated carbocycles. The lowest BCUT2D eigenvalue weighted by Gasteiger charge is -2.18. The predicted molar refractivity (Wildman–Crippen MR) is 177 cm³/mol. The first kappa shape index (κ1) is 39.7. The summed E-state index contributed by atoms with van der Waals surface area (Å²) in [6.45, 7) is 4.52. The Kier molecular flexibility index (Phi) is 32.1. The molecular weight excluding hydrogens is 508 g/mol. The minimum Gasteiger partial charge on any atom is -0.481 e. The van der Waals surface area contributed by atoms with E-state index in [2.05, 4.69) is 26.0 Å². The number of hydrogen-bond donors (Lipinski definition) is 1. The van der Waals surface area contributed by atoms with Gasteiger partial charge in [0.05, 0.1) is 0 Å². The van der Waals surface area contributed by atoms with Crippen molar-refractivity contribution in [3.05, 3.63) is 12.2 Å². The monoisotopic (exact) mass is 579 g/mol. The molecule has 1 unspecified atom stereocenters. The maximum atomic E-state index is 12.6. The van der Waals surface area contributed by atoms with Gasteiger partial charge in [-0.2, -0.15) is 0 Å². The normalized spacial score (nSPS) is 12.2. The van der Waals surface area contributed by atoms with Crippen molar-refractivity contribution < 1.29 is 19.4 Å². The first-order chi connectivity index (χ1) is 20.1. The summed E-state index contributed by atoms with van der Waals surface area (Å²) in [6.07, 6.45) is 39.4. The minimum atomic E-state index is -0.686. The summed E-state index contributed by atoms with van der Waals surface area (Å²) in [5.74, 6) is -0.672. The lowest BCUT2D eigenvalue weighted by atomic mass is 10.0. The van der Waals surface area contributed by atoms with Crippen LogP contribution in [0.25, 0.3) is 0 Å². The van der Waals surface area contributed by atoms with Crippen molar-refractivity contribution in [2.75, 3.05) is 0 Å². The van der Waals surface area contributed by atoms with Gasteiger partial charge in [0.1, 0.15) is 6.10 Å². The highest BCUT2D eigenvalue weighted by molar-refractivity contribution is 5.69. The first-order valence-electron chi connectivity index (χ1n) is 18.2. The Morgan fingerprint density at radius 3 is 1.34 bits per heavy atom. The highest BCUT2D eigenvalue weighted by Crippen LogP contribution is 2.19. The largest absolute Gasteiger partial charge is 0.481 e. The smallest absolute Gasteiger partial charge is 0.306 e. The molecule has 0 aromatic carbocycles. The van der Waals surface area contributed by atoms with Gasteiger partial charge in [-0.1, -0.05) is 142 Å². The number of carboxylic acid groups (broad SMARTS) is 1. The average molecular weight is 579 g/mol. The quantitative estimate of drug-likeness (QED) is 0.0478. The van der Waals surface area contributed by atoms with Gasteiger partial charge in [0.15, 0.2) is 0 Å². The van der Waals surface area contributed by atoms with Crippen LogP contribution in [0.4, 0.5) is 0 Å². The van der Waals surface area contributed by atoms with Crippen molar-refractivity contribution in [2.45, 2.75) is 213 Å². The molecule has 0 bridgehead atoms. The van der Waals surface area contributed by atoms with Crippen molar-refractivity contribution in [3.8, 4) is 0 Å². The van der Waals surface area contributed by atoms with Crippen LogP contribution in [0, 0.1) is 0 Å². The molecule has 0 heterocycles. The highest BCUT2D eigenvalue weighted by Gasteiger charge is 2.14. The maximum absolute atomic E-state index is 12.6. The van der Waals surface area contributed by atoms with Crippen molar-refractivity contribution >= 4 is 11.9 Å². The zero-order chi connectivity index (χ0) is 30.1. The van der Waals surface area contributed by atoms with E-state index in [-0.39, 0.29) is 12.1 Å². The fourth-order valence-corrected chi connectivity index (χ4v) is 5.53. The number of esters is 1. The van der Waals surface area contributed by atoms with Crippen LogP contribution < -0.4 is 0 Å². The summed E-state index contributed by atoms with van der Waals surface area (Å²) in [5, 5.41) is 8.73. The molecule has 0 aromatic heterocycles. The second-order valence-corrected chi connectivity index (χ2v) is 12.4. The van der Waals surface area contributed by atoms with E-state index < -0.39 is 5.97 Å². The van der Waals surface area contributed by atoms with Gasteiger partial charge >= 0.3 is 11.9 Å². The fourth-order valence-electron chi connectivity index (χ4n) is 5.53. The molecule has 0 fully saturated rings. The number of rotatable bonds is 33. The summed E-state index contributed by atoms with van der Waals surface area (Å²) in [4.78, 5) is 23.2. The average Bonchev–Trinajstić information content (AvgIpc) is 2.95. The number of carbonyl (C=O) groups is 2. The first-order valence-corrected chi connectivity index (χ1v) is 18.2. The molecule has 0 aliphatic carbocycles. The SMILES string of the molecule is CCCCCC/C=C\CCCCCCCCC(=O)OC(CCCCCCCCC)CCCCCCCCCC(=O)O. The Morgan fingerprint density at radius 1 is 0.512 bits per heavy atom. The second kappa shape index (κ2) is 33.2. The number of carbonyl (C=O) groups excluding carboxylic acids is 1. The predicted octanol–water partition coefficient (Wildman–Crippen LogP) is 12.3.